The van der Waals surface area contributed by atoms with E-state index in [9.17, 15) is 14.9 Å². The first-order valence-corrected chi connectivity index (χ1v) is 5.85. The number of aryl methyl sites for hydroxylation is 2. The van der Waals surface area contributed by atoms with E-state index in [0.29, 0.717) is 11.4 Å². The van der Waals surface area contributed by atoms with E-state index in [1.807, 2.05) is 0 Å². The highest BCUT2D eigenvalue weighted by Gasteiger charge is 2.28. The van der Waals surface area contributed by atoms with E-state index in [1.54, 1.807) is 38.0 Å². The summed E-state index contributed by atoms with van der Waals surface area (Å²) < 4.78 is 2.92. The summed E-state index contributed by atoms with van der Waals surface area (Å²) in [5, 5.41) is 21.5. The topological polar surface area (TPSA) is 108 Å². The van der Waals surface area contributed by atoms with Crippen molar-refractivity contribution in [2.45, 2.75) is 13.5 Å². The van der Waals surface area contributed by atoms with Crippen molar-refractivity contribution in [2.75, 3.05) is 0 Å². The molecular formula is C11H14N6O3. The highest BCUT2D eigenvalue weighted by atomic mass is 16.6. The molecule has 0 aliphatic carbocycles. The molecule has 106 valence electrons. The third kappa shape index (κ3) is 2.51. The minimum atomic E-state index is -0.599. The molecule has 1 N–H and O–H groups in total. The van der Waals surface area contributed by atoms with Crippen LogP contribution in [-0.2, 0) is 20.6 Å². The second-order valence-electron chi connectivity index (χ2n) is 4.33. The van der Waals surface area contributed by atoms with Crippen molar-refractivity contribution in [1.29, 1.82) is 0 Å². The molecule has 0 aliphatic rings. The Morgan fingerprint density at radius 3 is 2.70 bits per heavy atom. The van der Waals surface area contributed by atoms with Crippen molar-refractivity contribution in [3.05, 3.63) is 39.5 Å². The maximum Gasteiger partial charge on any atom is 0.322 e. The first-order valence-electron chi connectivity index (χ1n) is 5.85. The van der Waals surface area contributed by atoms with Gasteiger partial charge in [0.15, 0.2) is 0 Å². The third-order valence-corrected chi connectivity index (χ3v) is 2.90. The minimum Gasteiger partial charge on any atom is -0.345 e. The summed E-state index contributed by atoms with van der Waals surface area (Å²) >= 11 is 0. The fraction of sp³-hybridized carbons (Fsp3) is 0.364. The fourth-order valence-electron chi connectivity index (χ4n) is 1.78. The SMILES string of the molecule is Cc1c([N+](=O)[O-])c(C(=O)NCc2ccn(C)n2)nn1C. The second-order valence-corrected chi connectivity index (χ2v) is 4.33. The number of carbonyl (C=O) groups is 1. The quantitative estimate of drug-likeness (QED) is 0.639. The van der Waals surface area contributed by atoms with Gasteiger partial charge in [0.2, 0.25) is 5.69 Å². The molecule has 0 radical (unpaired) electrons. The zero-order chi connectivity index (χ0) is 14.9. The Morgan fingerprint density at radius 1 is 1.45 bits per heavy atom. The van der Waals surface area contributed by atoms with E-state index in [2.05, 4.69) is 15.5 Å². The maximum atomic E-state index is 12.0. The van der Waals surface area contributed by atoms with Gasteiger partial charge in [0, 0.05) is 20.3 Å². The van der Waals surface area contributed by atoms with E-state index in [4.69, 9.17) is 0 Å². The monoisotopic (exact) mass is 278 g/mol. The lowest BCUT2D eigenvalue weighted by atomic mass is 10.3. The average molecular weight is 278 g/mol. The van der Waals surface area contributed by atoms with Crippen molar-refractivity contribution in [3.63, 3.8) is 0 Å². The van der Waals surface area contributed by atoms with Gasteiger partial charge in [0.25, 0.3) is 5.91 Å². The fourth-order valence-corrected chi connectivity index (χ4v) is 1.78. The molecule has 1 amide bonds. The molecule has 0 unspecified atom stereocenters. The Hall–Kier alpha value is -2.71. The van der Waals surface area contributed by atoms with Gasteiger partial charge in [-0.15, -0.1) is 0 Å². The van der Waals surface area contributed by atoms with Gasteiger partial charge in [0.05, 0.1) is 17.2 Å². The van der Waals surface area contributed by atoms with Crippen LogP contribution in [0.1, 0.15) is 21.9 Å². The molecule has 9 nitrogen and oxygen atoms in total. The predicted molar refractivity (Wildman–Crippen MR) is 69.0 cm³/mol. The minimum absolute atomic E-state index is 0.187. The number of rotatable bonds is 4. The Bertz CT molecular complexity index is 672. The van der Waals surface area contributed by atoms with E-state index in [-0.39, 0.29) is 17.9 Å². The average Bonchev–Trinajstić information content (AvgIpc) is 2.91. The molecule has 0 saturated carbocycles. The molecule has 0 atom stereocenters. The van der Waals surface area contributed by atoms with Gasteiger partial charge in [0.1, 0.15) is 5.69 Å². The Labute approximate surface area is 114 Å². The van der Waals surface area contributed by atoms with Gasteiger partial charge >= 0.3 is 5.69 Å². The lowest BCUT2D eigenvalue weighted by molar-refractivity contribution is -0.385. The summed E-state index contributed by atoms with van der Waals surface area (Å²) in [5.41, 5.74) is 0.533. The summed E-state index contributed by atoms with van der Waals surface area (Å²) in [6.45, 7) is 1.73. The van der Waals surface area contributed by atoms with Gasteiger partial charge in [-0.1, -0.05) is 0 Å². The number of carbonyl (C=O) groups excluding carboxylic acids is 1. The standard InChI is InChI=1S/C11H14N6O3/c1-7-10(17(19)20)9(14-16(7)3)11(18)12-6-8-4-5-15(2)13-8/h4-5H,6H2,1-3H3,(H,12,18). The maximum absolute atomic E-state index is 12.0. The van der Waals surface area contributed by atoms with Gasteiger partial charge < -0.3 is 5.32 Å². The number of nitrogens with one attached hydrogen (secondary N) is 1. The van der Waals surface area contributed by atoms with Crippen molar-refractivity contribution in [3.8, 4) is 0 Å². The van der Waals surface area contributed by atoms with Crippen molar-refractivity contribution < 1.29 is 9.72 Å². The molecule has 2 heterocycles. The molecule has 2 aromatic rings. The normalized spacial score (nSPS) is 10.6. The predicted octanol–water partition coefficient (Wildman–Crippen LogP) is 0.300. The van der Waals surface area contributed by atoms with Crippen LogP contribution in [0.15, 0.2) is 12.3 Å². The van der Waals surface area contributed by atoms with Crippen LogP contribution in [0.5, 0.6) is 0 Å². The summed E-state index contributed by atoms with van der Waals surface area (Å²) in [7, 11) is 3.32. The van der Waals surface area contributed by atoms with Crippen LogP contribution >= 0.6 is 0 Å². The number of hydrogen-bond donors (Lipinski definition) is 1. The van der Waals surface area contributed by atoms with E-state index < -0.39 is 10.8 Å². The highest BCUT2D eigenvalue weighted by molar-refractivity contribution is 5.96. The summed E-state index contributed by atoms with van der Waals surface area (Å²) in [6.07, 6.45) is 1.74. The molecule has 0 spiro atoms. The summed E-state index contributed by atoms with van der Waals surface area (Å²) in [4.78, 5) is 22.4. The molecule has 2 aromatic heterocycles. The second kappa shape index (κ2) is 5.11. The number of nitro groups is 1. The summed E-state index contributed by atoms with van der Waals surface area (Å²) in [6, 6.07) is 1.75. The van der Waals surface area contributed by atoms with E-state index in [0.717, 1.165) is 0 Å². The molecule has 0 bridgehead atoms. The first-order chi connectivity index (χ1) is 9.40. The van der Waals surface area contributed by atoms with E-state index >= 15 is 0 Å². The molecule has 20 heavy (non-hydrogen) atoms. The number of hydrogen-bond acceptors (Lipinski definition) is 5. The van der Waals surface area contributed by atoms with Crippen LogP contribution in [0.2, 0.25) is 0 Å². The van der Waals surface area contributed by atoms with Gasteiger partial charge in [-0.3, -0.25) is 24.3 Å². The zero-order valence-electron chi connectivity index (χ0n) is 11.3. The Kier molecular flexibility index (Phi) is 3.51. The molecule has 0 aliphatic heterocycles. The number of amides is 1. The molecule has 9 heteroatoms. The lowest BCUT2D eigenvalue weighted by Crippen LogP contribution is -2.24. The third-order valence-electron chi connectivity index (χ3n) is 2.90. The highest BCUT2D eigenvalue weighted by Crippen LogP contribution is 2.21. The van der Waals surface area contributed by atoms with Crippen LogP contribution in [0.4, 0.5) is 5.69 Å². The molecule has 0 aromatic carbocycles. The van der Waals surface area contributed by atoms with Gasteiger partial charge in [-0.05, 0) is 13.0 Å². The first kappa shape index (κ1) is 13.7. The molecule has 0 fully saturated rings. The van der Waals surface area contributed by atoms with Gasteiger partial charge in [-0.2, -0.15) is 10.2 Å². The van der Waals surface area contributed by atoms with Crippen LogP contribution in [-0.4, -0.2) is 30.4 Å². The Morgan fingerprint density at radius 2 is 2.15 bits per heavy atom. The smallest absolute Gasteiger partial charge is 0.322 e. The van der Waals surface area contributed by atoms with Crippen LogP contribution in [0, 0.1) is 17.0 Å². The van der Waals surface area contributed by atoms with Crippen molar-refractivity contribution in [1.82, 2.24) is 24.9 Å². The van der Waals surface area contributed by atoms with Crippen LogP contribution in [0.3, 0.4) is 0 Å². The van der Waals surface area contributed by atoms with E-state index in [1.165, 1.54) is 4.68 Å². The Balaban J connectivity index is 2.17. The van der Waals surface area contributed by atoms with Crippen molar-refractivity contribution in [2.24, 2.45) is 14.1 Å². The summed E-state index contributed by atoms with van der Waals surface area (Å²) in [5.74, 6) is -0.592. The van der Waals surface area contributed by atoms with Crippen LogP contribution < -0.4 is 5.32 Å². The van der Waals surface area contributed by atoms with Crippen LogP contribution in [0.25, 0.3) is 0 Å². The zero-order valence-corrected chi connectivity index (χ0v) is 11.3. The molecular weight excluding hydrogens is 264 g/mol. The van der Waals surface area contributed by atoms with Gasteiger partial charge in [-0.25, -0.2) is 0 Å². The number of nitrogens with zero attached hydrogens (tertiary/aromatic N) is 5. The molecule has 2 rings (SSSR count). The van der Waals surface area contributed by atoms with Crippen molar-refractivity contribution >= 4 is 11.6 Å². The number of aromatic nitrogens is 4. The largest absolute Gasteiger partial charge is 0.345 e. The lowest BCUT2D eigenvalue weighted by Gasteiger charge is -2.00. The molecule has 0 saturated heterocycles.